The lowest BCUT2D eigenvalue weighted by Gasteiger charge is -2.35. The lowest BCUT2D eigenvalue weighted by Crippen LogP contribution is -2.50. The maximum Gasteiger partial charge on any atom is 0.322 e. The minimum Gasteiger partial charge on any atom is -0.495 e. The van der Waals surface area contributed by atoms with Crippen LogP contribution in [0, 0.1) is 5.82 Å². The van der Waals surface area contributed by atoms with Gasteiger partial charge in [0.05, 0.1) is 12.8 Å². The number of fused-ring (bicyclic) bond motifs is 1. The van der Waals surface area contributed by atoms with Gasteiger partial charge in [-0.25, -0.2) is 14.2 Å². The number of methoxy groups -OCH3 is 1. The Morgan fingerprint density at radius 3 is 2.50 bits per heavy atom. The predicted molar refractivity (Wildman–Crippen MR) is 131 cm³/mol. The summed E-state index contributed by atoms with van der Waals surface area (Å²) < 4.78 is 18.7. The Morgan fingerprint density at radius 2 is 1.74 bits per heavy atom. The number of ether oxygens (including phenoxy) is 1. The molecule has 0 aliphatic carbocycles. The van der Waals surface area contributed by atoms with Crippen molar-refractivity contribution < 1.29 is 13.9 Å². The average Bonchev–Trinajstić information content (AvgIpc) is 2.89. The third-order valence-electron chi connectivity index (χ3n) is 6.00. The van der Waals surface area contributed by atoms with Crippen LogP contribution in [0.25, 0.3) is 22.0 Å². The molecule has 1 aliphatic rings. The van der Waals surface area contributed by atoms with Crippen LogP contribution in [0.3, 0.4) is 0 Å². The maximum absolute atomic E-state index is 13.4. The van der Waals surface area contributed by atoms with Gasteiger partial charge in [0.15, 0.2) is 5.82 Å². The minimum absolute atomic E-state index is 0.160. The number of carbonyl (C=O) groups excluding carboxylic acids is 1. The van der Waals surface area contributed by atoms with Crippen molar-refractivity contribution in [3.05, 3.63) is 78.9 Å². The summed E-state index contributed by atoms with van der Waals surface area (Å²) in [5.74, 6) is 1.13. The third kappa shape index (κ3) is 4.22. The van der Waals surface area contributed by atoms with Gasteiger partial charge in [-0.05, 0) is 35.9 Å². The van der Waals surface area contributed by atoms with Crippen LogP contribution in [-0.2, 0) is 0 Å². The van der Waals surface area contributed by atoms with Crippen LogP contribution >= 0.6 is 0 Å². The van der Waals surface area contributed by atoms with E-state index in [-0.39, 0.29) is 11.8 Å². The van der Waals surface area contributed by atoms with Gasteiger partial charge in [0, 0.05) is 49.5 Å². The number of urea groups is 1. The Bertz CT molecular complexity index is 1320. The molecule has 1 saturated heterocycles. The summed E-state index contributed by atoms with van der Waals surface area (Å²) in [5, 5.41) is 3.89. The summed E-state index contributed by atoms with van der Waals surface area (Å²) in [4.78, 5) is 26.1. The fourth-order valence-corrected chi connectivity index (χ4v) is 4.21. The van der Waals surface area contributed by atoms with Crippen LogP contribution in [0.4, 0.5) is 20.7 Å². The largest absolute Gasteiger partial charge is 0.495 e. The van der Waals surface area contributed by atoms with Gasteiger partial charge in [0.2, 0.25) is 0 Å². The van der Waals surface area contributed by atoms with Crippen molar-refractivity contribution in [2.45, 2.75) is 0 Å². The minimum atomic E-state index is -0.275. The van der Waals surface area contributed by atoms with Crippen LogP contribution < -0.4 is 15.0 Å². The molecule has 0 radical (unpaired) electrons. The molecule has 2 aromatic carbocycles. The SMILES string of the molecule is COc1ccccc1NC(=O)N1CCN(c2ncc(-c3ccc(F)cc3)c3cccnc23)CC1. The van der Waals surface area contributed by atoms with Crippen molar-refractivity contribution in [2.75, 3.05) is 43.5 Å². The van der Waals surface area contributed by atoms with Crippen molar-refractivity contribution in [2.24, 2.45) is 0 Å². The second-order valence-corrected chi connectivity index (χ2v) is 8.01. The molecule has 34 heavy (non-hydrogen) atoms. The molecule has 0 saturated carbocycles. The first-order chi connectivity index (χ1) is 16.6. The Kier molecular flexibility index (Phi) is 5.95. The highest BCUT2D eigenvalue weighted by molar-refractivity contribution is 5.99. The van der Waals surface area contributed by atoms with Gasteiger partial charge in [-0.15, -0.1) is 0 Å². The Morgan fingerprint density at radius 1 is 0.971 bits per heavy atom. The van der Waals surface area contributed by atoms with Crippen molar-refractivity contribution >= 4 is 28.4 Å². The number of rotatable bonds is 4. The van der Waals surface area contributed by atoms with E-state index >= 15 is 0 Å². The smallest absolute Gasteiger partial charge is 0.322 e. The van der Waals surface area contributed by atoms with Gasteiger partial charge >= 0.3 is 6.03 Å². The van der Waals surface area contributed by atoms with E-state index in [4.69, 9.17) is 9.72 Å². The molecule has 4 aromatic rings. The Labute approximate surface area is 196 Å². The zero-order valence-corrected chi connectivity index (χ0v) is 18.7. The number of halogens is 1. The third-order valence-corrected chi connectivity index (χ3v) is 6.00. The quantitative estimate of drug-likeness (QED) is 0.477. The van der Waals surface area contributed by atoms with E-state index in [1.54, 1.807) is 30.3 Å². The van der Waals surface area contributed by atoms with Crippen molar-refractivity contribution in [1.82, 2.24) is 14.9 Å². The molecule has 3 heterocycles. The number of amides is 2. The Balaban J connectivity index is 1.34. The van der Waals surface area contributed by atoms with Gasteiger partial charge in [-0.3, -0.25) is 4.98 Å². The second kappa shape index (κ2) is 9.35. The summed E-state index contributed by atoms with van der Waals surface area (Å²) in [7, 11) is 1.58. The number of carbonyl (C=O) groups is 1. The molecule has 0 atom stereocenters. The zero-order chi connectivity index (χ0) is 23.5. The molecule has 0 spiro atoms. The van der Waals surface area contributed by atoms with Gasteiger partial charge in [0.1, 0.15) is 17.1 Å². The van der Waals surface area contributed by atoms with Gasteiger partial charge < -0.3 is 19.9 Å². The number of hydrogen-bond donors (Lipinski definition) is 1. The average molecular weight is 458 g/mol. The van der Waals surface area contributed by atoms with Crippen LogP contribution in [0.15, 0.2) is 73.1 Å². The first-order valence-corrected chi connectivity index (χ1v) is 11.1. The number of anilines is 2. The number of nitrogens with zero attached hydrogens (tertiary/aromatic N) is 4. The number of hydrogen-bond acceptors (Lipinski definition) is 5. The Hall–Kier alpha value is -4.20. The van der Waals surface area contributed by atoms with Crippen LogP contribution in [-0.4, -0.2) is 54.2 Å². The highest BCUT2D eigenvalue weighted by Gasteiger charge is 2.24. The maximum atomic E-state index is 13.4. The standard InChI is InChI=1S/C26H24FN5O2/c1-34-23-7-3-2-6-22(23)30-26(33)32-15-13-31(14-16-32)25-24-20(5-4-12-28-24)21(17-29-25)18-8-10-19(27)11-9-18/h2-12,17H,13-16H2,1H3,(H,30,33). The van der Waals surface area contributed by atoms with E-state index in [2.05, 4.69) is 15.2 Å². The second-order valence-electron chi connectivity index (χ2n) is 8.01. The molecular formula is C26H24FN5O2. The normalized spacial score (nSPS) is 13.7. The van der Waals surface area contributed by atoms with Crippen LogP contribution in [0.1, 0.15) is 0 Å². The van der Waals surface area contributed by atoms with Crippen molar-refractivity contribution in [1.29, 1.82) is 0 Å². The fraction of sp³-hybridized carbons (Fsp3) is 0.192. The molecule has 1 aliphatic heterocycles. The lowest BCUT2D eigenvalue weighted by atomic mass is 10.0. The summed E-state index contributed by atoms with van der Waals surface area (Å²) >= 11 is 0. The van der Waals surface area contributed by atoms with Gasteiger partial charge in [-0.2, -0.15) is 0 Å². The molecule has 1 fully saturated rings. The molecule has 5 rings (SSSR count). The van der Waals surface area contributed by atoms with E-state index in [9.17, 15) is 9.18 Å². The van der Waals surface area contributed by atoms with Gasteiger partial charge in [0.25, 0.3) is 0 Å². The number of aromatic nitrogens is 2. The predicted octanol–water partition coefficient (Wildman–Crippen LogP) is 4.80. The number of nitrogens with one attached hydrogen (secondary N) is 1. The van der Waals surface area contributed by atoms with E-state index < -0.39 is 0 Å². The van der Waals surface area contributed by atoms with Crippen LogP contribution in [0.2, 0.25) is 0 Å². The van der Waals surface area contributed by atoms with E-state index in [1.807, 2.05) is 42.6 Å². The molecular weight excluding hydrogens is 433 g/mol. The van der Waals surface area contributed by atoms with E-state index in [1.165, 1.54) is 12.1 Å². The summed E-state index contributed by atoms with van der Waals surface area (Å²) in [6, 6.07) is 17.5. The number of para-hydroxylation sites is 2. The van der Waals surface area contributed by atoms with E-state index in [0.717, 1.165) is 27.8 Å². The highest BCUT2D eigenvalue weighted by Crippen LogP contribution is 2.32. The summed E-state index contributed by atoms with van der Waals surface area (Å²) in [6.45, 7) is 2.37. The number of piperazine rings is 1. The molecule has 2 aromatic heterocycles. The summed E-state index contributed by atoms with van der Waals surface area (Å²) in [5.41, 5.74) is 3.22. The summed E-state index contributed by atoms with van der Waals surface area (Å²) in [6.07, 6.45) is 3.56. The lowest BCUT2D eigenvalue weighted by molar-refractivity contribution is 0.208. The van der Waals surface area contributed by atoms with Crippen molar-refractivity contribution in [3.63, 3.8) is 0 Å². The topological polar surface area (TPSA) is 70.6 Å². The van der Waals surface area contributed by atoms with E-state index in [0.29, 0.717) is 37.6 Å². The van der Waals surface area contributed by atoms with Gasteiger partial charge in [-0.1, -0.05) is 30.3 Å². The number of benzene rings is 2. The zero-order valence-electron chi connectivity index (χ0n) is 18.7. The molecule has 2 amide bonds. The van der Waals surface area contributed by atoms with Crippen molar-refractivity contribution in [3.8, 4) is 16.9 Å². The fourth-order valence-electron chi connectivity index (χ4n) is 4.21. The van der Waals surface area contributed by atoms with Crippen LogP contribution in [0.5, 0.6) is 5.75 Å². The number of pyridine rings is 2. The highest BCUT2D eigenvalue weighted by atomic mass is 19.1. The first-order valence-electron chi connectivity index (χ1n) is 11.1. The molecule has 7 nitrogen and oxygen atoms in total. The molecule has 172 valence electrons. The molecule has 8 heteroatoms. The first kappa shape index (κ1) is 21.6. The molecule has 0 bridgehead atoms. The molecule has 1 N–H and O–H groups in total. The molecule has 0 unspecified atom stereocenters. The monoisotopic (exact) mass is 457 g/mol.